The molecule has 0 radical (unpaired) electrons. The van der Waals surface area contributed by atoms with E-state index in [4.69, 9.17) is 21.9 Å². The summed E-state index contributed by atoms with van der Waals surface area (Å²) in [7, 11) is 1.84. The first kappa shape index (κ1) is 21.3. The highest BCUT2D eigenvalue weighted by Crippen LogP contribution is 2.29. The number of halogens is 3. The van der Waals surface area contributed by atoms with Crippen molar-refractivity contribution in [2.45, 2.75) is 38.8 Å². The summed E-state index contributed by atoms with van der Waals surface area (Å²) in [5.74, 6) is 0.763. The van der Waals surface area contributed by atoms with Crippen molar-refractivity contribution in [2.24, 2.45) is 12.8 Å². The van der Waals surface area contributed by atoms with Gasteiger partial charge in [0.1, 0.15) is 22.3 Å². The lowest BCUT2D eigenvalue weighted by Crippen LogP contribution is -2.35. The predicted molar refractivity (Wildman–Crippen MR) is 100 cm³/mol. The van der Waals surface area contributed by atoms with E-state index in [0.29, 0.717) is 5.15 Å². The second-order valence-corrected chi connectivity index (χ2v) is 6.41. The van der Waals surface area contributed by atoms with E-state index in [2.05, 4.69) is 15.2 Å². The molecule has 1 atom stereocenters. The minimum absolute atomic E-state index is 0. The van der Waals surface area contributed by atoms with Crippen LogP contribution >= 0.6 is 36.4 Å². The summed E-state index contributed by atoms with van der Waals surface area (Å²) < 4.78 is 6.86. The van der Waals surface area contributed by atoms with Gasteiger partial charge in [0.15, 0.2) is 0 Å². The molecule has 0 aliphatic carbocycles. The van der Waals surface area contributed by atoms with Gasteiger partial charge in [0.05, 0.1) is 0 Å². The summed E-state index contributed by atoms with van der Waals surface area (Å²) >= 11 is 6.45. The molecular formula is C15H24Cl3N5O. The molecule has 9 heteroatoms. The summed E-state index contributed by atoms with van der Waals surface area (Å²) in [5.41, 5.74) is 8.67. The van der Waals surface area contributed by atoms with Crippen LogP contribution in [-0.4, -0.2) is 39.0 Å². The van der Waals surface area contributed by atoms with Gasteiger partial charge in [-0.2, -0.15) is 5.10 Å². The third-order valence-corrected chi connectivity index (χ3v) is 4.59. The fourth-order valence-electron chi connectivity index (χ4n) is 2.99. The second-order valence-electron chi connectivity index (χ2n) is 6.06. The van der Waals surface area contributed by atoms with Crippen LogP contribution in [0.1, 0.15) is 30.6 Å². The minimum atomic E-state index is 0. The fraction of sp³-hybridized carbons (Fsp3) is 0.600. The van der Waals surface area contributed by atoms with E-state index in [0.717, 1.165) is 48.8 Å². The molecule has 0 bridgehead atoms. The third-order valence-electron chi connectivity index (χ3n) is 4.11. The van der Waals surface area contributed by atoms with Gasteiger partial charge in [-0.05, 0) is 26.3 Å². The van der Waals surface area contributed by atoms with Crippen LogP contribution in [0, 0.1) is 6.92 Å². The molecule has 1 fully saturated rings. The molecule has 6 nitrogen and oxygen atoms in total. The molecule has 24 heavy (non-hydrogen) atoms. The minimum Gasteiger partial charge on any atom is -0.361 e. The molecule has 3 rings (SSSR count). The van der Waals surface area contributed by atoms with E-state index in [9.17, 15) is 0 Å². The lowest BCUT2D eigenvalue weighted by atomic mass is 10.1. The SMILES string of the molecule is Cc1cc(-c2nn(C)c(Cl)c2CN2CCCCC(N)C2)no1.Cl.Cl. The van der Waals surface area contributed by atoms with E-state index in [1.165, 1.54) is 12.8 Å². The zero-order valence-corrected chi connectivity index (χ0v) is 16.3. The molecule has 0 saturated carbocycles. The molecule has 1 saturated heterocycles. The number of aromatic nitrogens is 3. The molecule has 0 amide bonds. The van der Waals surface area contributed by atoms with Gasteiger partial charge in [0, 0.05) is 37.8 Å². The van der Waals surface area contributed by atoms with Crippen LogP contribution < -0.4 is 5.73 Å². The van der Waals surface area contributed by atoms with E-state index in [-0.39, 0.29) is 30.9 Å². The molecule has 2 aromatic heterocycles. The van der Waals surface area contributed by atoms with Crippen LogP contribution in [0.3, 0.4) is 0 Å². The quantitative estimate of drug-likeness (QED) is 0.862. The van der Waals surface area contributed by atoms with Crippen LogP contribution in [0.15, 0.2) is 10.6 Å². The molecule has 136 valence electrons. The van der Waals surface area contributed by atoms with Crippen LogP contribution in [0.4, 0.5) is 0 Å². The monoisotopic (exact) mass is 395 g/mol. The normalized spacial score (nSPS) is 18.6. The first-order valence-corrected chi connectivity index (χ1v) is 8.05. The maximum Gasteiger partial charge on any atom is 0.134 e. The zero-order valence-electron chi connectivity index (χ0n) is 13.9. The van der Waals surface area contributed by atoms with Crippen molar-refractivity contribution in [1.29, 1.82) is 0 Å². The van der Waals surface area contributed by atoms with Crippen LogP contribution in [-0.2, 0) is 13.6 Å². The standard InChI is InChI=1S/C15H22ClN5O.2ClH/c1-10-7-13(19-22-10)14-12(15(16)20(2)18-14)9-21-6-4-3-5-11(17)8-21;;/h7,11H,3-6,8-9,17H2,1-2H3;2*1H. The van der Waals surface area contributed by atoms with Crippen molar-refractivity contribution in [3.8, 4) is 11.4 Å². The Labute approximate surface area is 159 Å². The highest BCUT2D eigenvalue weighted by molar-refractivity contribution is 6.30. The molecule has 1 unspecified atom stereocenters. The highest BCUT2D eigenvalue weighted by Gasteiger charge is 2.23. The molecule has 0 aromatic carbocycles. The molecule has 1 aliphatic rings. The lowest BCUT2D eigenvalue weighted by molar-refractivity contribution is 0.265. The van der Waals surface area contributed by atoms with Gasteiger partial charge in [-0.3, -0.25) is 9.58 Å². The predicted octanol–water partition coefficient (Wildman–Crippen LogP) is 3.19. The van der Waals surface area contributed by atoms with E-state index in [1.54, 1.807) is 4.68 Å². The Morgan fingerprint density at radius 2 is 2.12 bits per heavy atom. The largest absolute Gasteiger partial charge is 0.361 e. The smallest absolute Gasteiger partial charge is 0.134 e. The Kier molecular flexibility index (Phi) is 8.02. The highest BCUT2D eigenvalue weighted by atomic mass is 35.5. The van der Waals surface area contributed by atoms with Gasteiger partial charge < -0.3 is 10.3 Å². The molecule has 3 heterocycles. The molecule has 0 spiro atoms. The molecule has 2 N–H and O–H groups in total. The number of likely N-dealkylation sites (tertiary alicyclic amines) is 1. The van der Waals surface area contributed by atoms with Gasteiger partial charge in [-0.25, -0.2) is 0 Å². The summed E-state index contributed by atoms with van der Waals surface area (Å²) in [6, 6.07) is 2.12. The van der Waals surface area contributed by atoms with E-state index < -0.39 is 0 Å². The van der Waals surface area contributed by atoms with Crippen molar-refractivity contribution in [3.63, 3.8) is 0 Å². The Morgan fingerprint density at radius 1 is 1.38 bits per heavy atom. The van der Waals surface area contributed by atoms with Crippen LogP contribution in [0.25, 0.3) is 11.4 Å². The number of nitrogens with two attached hydrogens (primary N) is 1. The third kappa shape index (κ3) is 4.64. The first-order chi connectivity index (χ1) is 10.5. The van der Waals surface area contributed by atoms with E-state index >= 15 is 0 Å². The molecule has 1 aliphatic heterocycles. The van der Waals surface area contributed by atoms with Crippen LogP contribution in [0.2, 0.25) is 5.15 Å². The van der Waals surface area contributed by atoms with Crippen LogP contribution in [0.5, 0.6) is 0 Å². The van der Waals surface area contributed by atoms with Crippen molar-refractivity contribution >= 4 is 36.4 Å². The average Bonchev–Trinajstić information content (AvgIpc) is 2.93. The number of nitrogens with zero attached hydrogens (tertiary/aromatic N) is 4. The second kappa shape index (κ2) is 9.06. The van der Waals surface area contributed by atoms with Gasteiger partial charge >= 0.3 is 0 Å². The number of aryl methyl sites for hydroxylation is 2. The van der Waals surface area contributed by atoms with Crippen molar-refractivity contribution in [3.05, 3.63) is 22.5 Å². The summed E-state index contributed by atoms with van der Waals surface area (Å²) in [6.45, 7) is 4.54. The number of hydrogen-bond donors (Lipinski definition) is 1. The van der Waals surface area contributed by atoms with Gasteiger partial charge in [-0.1, -0.05) is 23.2 Å². The first-order valence-electron chi connectivity index (χ1n) is 7.67. The summed E-state index contributed by atoms with van der Waals surface area (Å²) in [6.07, 6.45) is 3.45. The van der Waals surface area contributed by atoms with Gasteiger partial charge in [-0.15, -0.1) is 24.8 Å². The fourth-order valence-corrected chi connectivity index (χ4v) is 3.18. The van der Waals surface area contributed by atoms with Crippen molar-refractivity contribution < 1.29 is 4.52 Å². The lowest BCUT2D eigenvalue weighted by Gasteiger charge is -2.22. The van der Waals surface area contributed by atoms with E-state index in [1.807, 2.05) is 20.0 Å². The Balaban J connectivity index is 0.00000144. The summed E-state index contributed by atoms with van der Waals surface area (Å²) in [4.78, 5) is 2.36. The molecule has 2 aromatic rings. The summed E-state index contributed by atoms with van der Waals surface area (Å²) in [5, 5.41) is 9.23. The van der Waals surface area contributed by atoms with Crippen molar-refractivity contribution in [1.82, 2.24) is 19.8 Å². The maximum atomic E-state index is 6.45. The number of hydrogen-bond acceptors (Lipinski definition) is 5. The average molecular weight is 397 g/mol. The Morgan fingerprint density at radius 3 is 2.79 bits per heavy atom. The van der Waals surface area contributed by atoms with Crippen molar-refractivity contribution in [2.75, 3.05) is 13.1 Å². The topological polar surface area (TPSA) is 73.1 Å². The van der Waals surface area contributed by atoms with Gasteiger partial charge in [0.2, 0.25) is 0 Å². The Bertz CT molecular complexity index is 658. The maximum absolute atomic E-state index is 6.45. The number of rotatable bonds is 3. The van der Waals surface area contributed by atoms with Gasteiger partial charge in [0.25, 0.3) is 0 Å². The molecular weight excluding hydrogens is 373 g/mol. The zero-order chi connectivity index (χ0) is 15.7. The Hall–Kier alpha value is -0.790.